The third-order valence-electron chi connectivity index (χ3n) is 5.13. The maximum Gasteiger partial charge on any atom is 0.210 e. The van der Waals surface area contributed by atoms with Crippen molar-refractivity contribution in [2.75, 3.05) is 50.0 Å². The van der Waals surface area contributed by atoms with Gasteiger partial charge in [0.2, 0.25) is 11.9 Å². The molecule has 0 saturated carbocycles. The Morgan fingerprint density at radius 1 is 1.14 bits per heavy atom. The van der Waals surface area contributed by atoms with Gasteiger partial charge in [-0.2, -0.15) is 4.98 Å². The zero-order valence-electron chi connectivity index (χ0n) is 16.2. The summed E-state index contributed by atoms with van der Waals surface area (Å²) in [5, 5.41) is 6.65. The number of anilines is 3. The van der Waals surface area contributed by atoms with Crippen LogP contribution in [-0.2, 0) is 11.8 Å². The molecule has 1 aliphatic heterocycles. The predicted molar refractivity (Wildman–Crippen MR) is 111 cm³/mol. The van der Waals surface area contributed by atoms with Crippen molar-refractivity contribution < 1.29 is 4.74 Å². The van der Waals surface area contributed by atoms with Gasteiger partial charge in [0.1, 0.15) is 11.8 Å². The number of aromatic amines is 1. The maximum absolute atomic E-state index is 5.39. The third-order valence-corrected chi connectivity index (χ3v) is 5.13. The average Bonchev–Trinajstić information content (AvgIpc) is 3.30. The van der Waals surface area contributed by atoms with Crippen LogP contribution >= 0.6 is 0 Å². The van der Waals surface area contributed by atoms with Crippen molar-refractivity contribution >= 4 is 39.9 Å². The Kier molecular flexibility index (Phi) is 4.70. The molecule has 1 fully saturated rings. The van der Waals surface area contributed by atoms with Gasteiger partial charge in [0.25, 0.3) is 0 Å². The zero-order chi connectivity index (χ0) is 19.6. The van der Waals surface area contributed by atoms with Crippen molar-refractivity contribution in [1.82, 2.24) is 34.4 Å². The first kappa shape index (κ1) is 17.8. The van der Waals surface area contributed by atoms with Crippen molar-refractivity contribution in [1.29, 1.82) is 0 Å². The summed E-state index contributed by atoms with van der Waals surface area (Å²) in [6, 6.07) is 8.00. The van der Waals surface area contributed by atoms with E-state index < -0.39 is 0 Å². The minimum Gasteiger partial charge on any atom is -0.379 e. The standard InChI is InChI=1S/C19H23N9O/c1-27-14-5-3-2-4-13(14)23-19(27)26-18-24-15-16(21-12-22-17(15)25-18)20-6-7-28-8-10-29-11-9-28/h2-5,12H,6-11H2,1H3,(H3,20,21,22,23,24,25,26). The molecule has 4 heterocycles. The minimum atomic E-state index is 0.579. The fourth-order valence-corrected chi connectivity index (χ4v) is 3.54. The van der Waals surface area contributed by atoms with E-state index in [4.69, 9.17) is 4.74 Å². The quantitative estimate of drug-likeness (QED) is 0.454. The number of ether oxygens (including phenoxy) is 1. The number of rotatable bonds is 6. The van der Waals surface area contributed by atoms with Crippen LogP contribution in [0.15, 0.2) is 30.6 Å². The summed E-state index contributed by atoms with van der Waals surface area (Å²) in [4.78, 5) is 23.5. The van der Waals surface area contributed by atoms with E-state index in [2.05, 4.69) is 40.5 Å². The summed E-state index contributed by atoms with van der Waals surface area (Å²) >= 11 is 0. The molecule has 5 rings (SSSR count). The third kappa shape index (κ3) is 3.59. The molecule has 3 N–H and O–H groups in total. The first-order valence-corrected chi connectivity index (χ1v) is 9.71. The first-order chi connectivity index (χ1) is 14.3. The number of nitrogens with one attached hydrogen (secondary N) is 3. The van der Waals surface area contributed by atoms with Crippen LogP contribution in [0.5, 0.6) is 0 Å². The van der Waals surface area contributed by atoms with E-state index in [1.54, 1.807) is 0 Å². The average molecular weight is 393 g/mol. The summed E-state index contributed by atoms with van der Waals surface area (Å²) in [6.45, 7) is 5.27. The molecule has 1 aliphatic rings. The Balaban J connectivity index is 1.33. The van der Waals surface area contributed by atoms with E-state index in [1.807, 2.05) is 35.9 Å². The topological polar surface area (TPSA) is 109 Å². The molecular weight excluding hydrogens is 370 g/mol. The van der Waals surface area contributed by atoms with Crippen molar-refractivity contribution in [2.24, 2.45) is 7.05 Å². The van der Waals surface area contributed by atoms with Crippen LogP contribution in [0, 0.1) is 0 Å². The number of imidazole rings is 2. The van der Waals surface area contributed by atoms with Crippen LogP contribution < -0.4 is 10.6 Å². The Morgan fingerprint density at radius 2 is 2.00 bits per heavy atom. The van der Waals surface area contributed by atoms with Gasteiger partial charge in [-0.15, -0.1) is 0 Å². The van der Waals surface area contributed by atoms with Gasteiger partial charge in [-0.1, -0.05) is 12.1 Å². The molecule has 0 radical (unpaired) electrons. The van der Waals surface area contributed by atoms with Gasteiger partial charge in [-0.05, 0) is 12.1 Å². The van der Waals surface area contributed by atoms with E-state index in [0.717, 1.165) is 61.8 Å². The Morgan fingerprint density at radius 3 is 2.86 bits per heavy atom. The number of H-pyrrole nitrogens is 1. The fourth-order valence-electron chi connectivity index (χ4n) is 3.54. The molecule has 0 spiro atoms. The van der Waals surface area contributed by atoms with E-state index in [0.29, 0.717) is 17.5 Å². The fraction of sp³-hybridized carbons (Fsp3) is 0.368. The number of benzene rings is 1. The first-order valence-electron chi connectivity index (χ1n) is 9.71. The number of morpholine rings is 1. The van der Waals surface area contributed by atoms with E-state index in [1.165, 1.54) is 6.33 Å². The normalized spacial score (nSPS) is 15.2. The molecule has 4 aromatic rings. The van der Waals surface area contributed by atoms with Gasteiger partial charge in [0.15, 0.2) is 11.5 Å². The lowest BCUT2D eigenvalue weighted by Gasteiger charge is -2.26. The molecule has 1 saturated heterocycles. The number of hydrogen-bond acceptors (Lipinski definition) is 8. The molecule has 150 valence electrons. The number of fused-ring (bicyclic) bond motifs is 2. The lowest BCUT2D eigenvalue weighted by molar-refractivity contribution is 0.0398. The summed E-state index contributed by atoms with van der Waals surface area (Å²) in [5.74, 6) is 2.03. The van der Waals surface area contributed by atoms with Crippen LogP contribution in [0.4, 0.5) is 17.7 Å². The Bertz CT molecular complexity index is 1130. The maximum atomic E-state index is 5.39. The van der Waals surface area contributed by atoms with Gasteiger partial charge < -0.3 is 19.6 Å². The van der Waals surface area contributed by atoms with E-state index in [-0.39, 0.29) is 0 Å². The van der Waals surface area contributed by atoms with Crippen LogP contribution in [-0.4, -0.2) is 73.8 Å². The molecular formula is C19H23N9O. The van der Waals surface area contributed by atoms with Gasteiger partial charge >= 0.3 is 0 Å². The molecule has 0 unspecified atom stereocenters. The Hall–Kier alpha value is -3.24. The summed E-state index contributed by atoms with van der Waals surface area (Å²) in [7, 11) is 1.97. The minimum absolute atomic E-state index is 0.579. The van der Waals surface area contributed by atoms with Crippen molar-refractivity contribution in [3.63, 3.8) is 0 Å². The zero-order valence-corrected chi connectivity index (χ0v) is 16.2. The van der Waals surface area contributed by atoms with Gasteiger partial charge in [0, 0.05) is 33.2 Å². The number of para-hydroxylation sites is 2. The second-order valence-electron chi connectivity index (χ2n) is 7.00. The van der Waals surface area contributed by atoms with Crippen molar-refractivity contribution in [3.05, 3.63) is 30.6 Å². The number of hydrogen-bond donors (Lipinski definition) is 3. The lowest BCUT2D eigenvalue weighted by Crippen LogP contribution is -2.39. The second-order valence-corrected chi connectivity index (χ2v) is 7.00. The van der Waals surface area contributed by atoms with Gasteiger partial charge in [0.05, 0.1) is 24.2 Å². The van der Waals surface area contributed by atoms with Crippen LogP contribution in [0.3, 0.4) is 0 Å². The highest BCUT2D eigenvalue weighted by Crippen LogP contribution is 2.23. The van der Waals surface area contributed by atoms with Crippen molar-refractivity contribution in [3.8, 4) is 0 Å². The summed E-state index contributed by atoms with van der Waals surface area (Å²) < 4.78 is 7.39. The molecule has 0 bridgehead atoms. The van der Waals surface area contributed by atoms with E-state index in [9.17, 15) is 0 Å². The van der Waals surface area contributed by atoms with Crippen molar-refractivity contribution in [2.45, 2.75) is 0 Å². The second kappa shape index (κ2) is 7.64. The predicted octanol–water partition coefficient (Wildman–Crippen LogP) is 1.73. The largest absolute Gasteiger partial charge is 0.379 e. The molecule has 0 aliphatic carbocycles. The SMILES string of the molecule is Cn1c(Nc2nc3ncnc(NCCN4CCOCC4)c3[nH]2)nc2ccccc21. The molecule has 29 heavy (non-hydrogen) atoms. The highest BCUT2D eigenvalue weighted by Gasteiger charge is 2.14. The monoisotopic (exact) mass is 393 g/mol. The van der Waals surface area contributed by atoms with Crippen LogP contribution in [0.2, 0.25) is 0 Å². The Labute approximate surface area is 167 Å². The van der Waals surface area contributed by atoms with Gasteiger partial charge in [-0.25, -0.2) is 15.0 Å². The van der Waals surface area contributed by atoms with Gasteiger partial charge in [-0.3, -0.25) is 10.2 Å². The number of aromatic nitrogens is 6. The number of nitrogens with zero attached hydrogens (tertiary/aromatic N) is 6. The lowest BCUT2D eigenvalue weighted by atomic mass is 10.3. The summed E-state index contributed by atoms with van der Waals surface area (Å²) in [5.41, 5.74) is 3.36. The highest BCUT2D eigenvalue weighted by atomic mass is 16.5. The van der Waals surface area contributed by atoms with Crippen LogP contribution in [0.25, 0.3) is 22.2 Å². The van der Waals surface area contributed by atoms with Crippen LogP contribution in [0.1, 0.15) is 0 Å². The molecule has 0 atom stereocenters. The molecule has 10 heteroatoms. The molecule has 1 aromatic carbocycles. The molecule has 10 nitrogen and oxygen atoms in total. The molecule has 3 aromatic heterocycles. The molecule has 0 amide bonds. The highest BCUT2D eigenvalue weighted by molar-refractivity contribution is 5.85. The number of aryl methyl sites for hydroxylation is 1. The van der Waals surface area contributed by atoms with E-state index >= 15 is 0 Å². The summed E-state index contributed by atoms with van der Waals surface area (Å²) in [6.07, 6.45) is 1.53. The smallest absolute Gasteiger partial charge is 0.210 e.